The lowest BCUT2D eigenvalue weighted by molar-refractivity contribution is -0.122. The molecular formula is C25H20FNO3S. The predicted molar refractivity (Wildman–Crippen MR) is 120 cm³/mol. The summed E-state index contributed by atoms with van der Waals surface area (Å²) in [6.45, 7) is 0.396. The van der Waals surface area contributed by atoms with Gasteiger partial charge in [0.1, 0.15) is 18.2 Å². The number of hydrogen-bond donors (Lipinski definition) is 0. The fraction of sp³-hybridized carbons (Fsp3) is 0.120. The first-order chi connectivity index (χ1) is 15.1. The molecule has 1 aliphatic rings. The van der Waals surface area contributed by atoms with Gasteiger partial charge in [0, 0.05) is 17.7 Å². The van der Waals surface area contributed by atoms with E-state index < -0.39 is 0 Å². The van der Waals surface area contributed by atoms with Crippen LogP contribution >= 0.6 is 11.8 Å². The number of carbonyl (C=O) groups is 2. The van der Waals surface area contributed by atoms with Crippen LogP contribution in [0.1, 0.15) is 16.7 Å². The standard InChI is InChI=1S/C25H20FNO3S/c26-21-12-6-4-11-20(21)17-30-22-13-7-5-10-19(22)16-23-24(28)27(25(29)31-23)15-14-18-8-2-1-3-9-18/h1-13,16H,14-15,17H2/b23-16-. The summed E-state index contributed by atoms with van der Waals surface area (Å²) in [4.78, 5) is 26.8. The molecule has 0 radical (unpaired) electrons. The third kappa shape index (κ3) is 5.03. The Kier molecular flexibility index (Phi) is 6.48. The van der Waals surface area contributed by atoms with Gasteiger partial charge in [-0.2, -0.15) is 0 Å². The average molecular weight is 434 g/mol. The number of nitrogens with zero attached hydrogens (tertiary/aromatic N) is 1. The Labute approximate surface area is 184 Å². The first-order valence-electron chi connectivity index (χ1n) is 9.86. The molecule has 4 rings (SSSR count). The second kappa shape index (κ2) is 9.62. The molecule has 1 saturated heterocycles. The van der Waals surface area contributed by atoms with Gasteiger partial charge in [0.25, 0.3) is 11.1 Å². The summed E-state index contributed by atoms with van der Waals surface area (Å²) in [5.41, 5.74) is 2.17. The van der Waals surface area contributed by atoms with Crippen molar-refractivity contribution >= 4 is 29.0 Å². The Morgan fingerprint density at radius 1 is 0.903 bits per heavy atom. The first-order valence-corrected chi connectivity index (χ1v) is 10.7. The van der Waals surface area contributed by atoms with Crippen LogP contribution in [0.2, 0.25) is 0 Å². The Hall–Kier alpha value is -3.38. The molecule has 0 bridgehead atoms. The van der Waals surface area contributed by atoms with E-state index in [1.165, 1.54) is 11.0 Å². The summed E-state index contributed by atoms with van der Waals surface area (Å²) < 4.78 is 19.7. The van der Waals surface area contributed by atoms with Crippen molar-refractivity contribution in [2.75, 3.05) is 6.54 Å². The molecule has 0 N–H and O–H groups in total. The number of carbonyl (C=O) groups excluding carboxylic acids is 2. The highest BCUT2D eigenvalue weighted by atomic mass is 32.2. The number of imide groups is 1. The van der Waals surface area contributed by atoms with Crippen LogP contribution in [-0.2, 0) is 17.8 Å². The van der Waals surface area contributed by atoms with Crippen LogP contribution in [-0.4, -0.2) is 22.6 Å². The van der Waals surface area contributed by atoms with Gasteiger partial charge in [-0.05, 0) is 42.0 Å². The zero-order valence-electron chi connectivity index (χ0n) is 16.7. The highest BCUT2D eigenvalue weighted by molar-refractivity contribution is 8.18. The van der Waals surface area contributed by atoms with Crippen molar-refractivity contribution in [3.05, 3.63) is 106 Å². The lowest BCUT2D eigenvalue weighted by atomic mass is 10.1. The summed E-state index contributed by atoms with van der Waals surface area (Å²) in [5.74, 6) is -0.129. The summed E-state index contributed by atoms with van der Waals surface area (Å²) in [6, 6.07) is 23.3. The van der Waals surface area contributed by atoms with Crippen LogP contribution in [0.4, 0.5) is 9.18 Å². The average Bonchev–Trinajstić information content (AvgIpc) is 3.05. The molecular weight excluding hydrogens is 413 g/mol. The number of hydrogen-bond acceptors (Lipinski definition) is 4. The molecule has 3 aromatic rings. The number of halogens is 1. The summed E-state index contributed by atoms with van der Waals surface area (Å²) >= 11 is 0.920. The van der Waals surface area contributed by atoms with Crippen molar-refractivity contribution in [2.45, 2.75) is 13.0 Å². The molecule has 156 valence electrons. The SMILES string of the molecule is O=C1S/C(=C\c2ccccc2OCc2ccccc2F)C(=O)N1CCc1ccccc1. The van der Waals surface area contributed by atoms with Gasteiger partial charge in [0.05, 0.1) is 4.91 Å². The van der Waals surface area contributed by atoms with E-state index in [9.17, 15) is 14.0 Å². The van der Waals surface area contributed by atoms with Crippen LogP contribution in [0.25, 0.3) is 6.08 Å². The molecule has 3 aromatic carbocycles. The van der Waals surface area contributed by atoms with E-state index in [1.807, 2.05) is 36.4 Å². The Bertz CT molecular complexity index is 1130. The minimum Gasteiger partial charge on any atom is -0.488 e. The monoisotopic (exact) mass is 433 g/mol. The number of benzene rings is 3. The number of amides is 2. The molecule has 1 aliphatic heterocycles. The van der Waals surface area contributed by atoms with Crippen LogP contribution < -0.4 is 4.74 Å². The molecule has 2 amide bonds. The second-order valence-electron chi connectivity index (χ2n) is 6.99. The third-order valence-electron chi connectivity index (χ3n) is 4.89. The molecule has 1 heterocycles. The molecule has 0 atom stereocenters. The maximum absolute atomic E-state index is 13.9. The normalized spacial score (nSPS) is 15.0. The van der Waals surface area contributed by atoms with E-state index >= 15 is 0 Å². The predicted octanol–water partition coefficient (Wildman–Crippen LogP) is 5.68. The number of para-hydroxylation sites is 1. The minimum absolute atomic E-state index is 0.0656. The van der Waals surface area contributed by atoms with E-state index in [-0.39, 0.29) is 23.6 Å². The molecule has 0 spiro atoms. The van der Waals surface area contributed by atoms with E-state index in [1.54, 1.807) is 42.5 Å². The second-order valence-corrected chi connectivity index (χ2v) is 7.98. The molecule has 0 aliphatic carbocycles. The van der Waals surface area contributed by atoms with Crippen molar-refractivity contribution in [3.63, 3.8) is 0 Å². The van der Waals surface area contributed by atoms with Crippen molar-refractivity contribution in [2.24, 2.45) is 0 Å². The van der Waals surface area contributed by atoms with Crippen molar-refractivity contribution in [1.82, 2.24) is 4.90 Å². The van der Waals surface area contributed by atoms with Crippen molar-refractivity contribution < 1.29 is 18.7 Å². The Balaban J connectivity index is 1.47. The van der Waals surface area contributed by atoms with Crippen LogP contribution in [0.3, 0.4) is 0 Å². The molecule has 4 nitrogen and oxygen atoms in total. The minimum atomic E-state index is -0.334. The zero-order valence-corrected chi connectivity index (χ0v) is 17.5. The third-order valence-corrected chi connectivity index (χ3v) is 5.79. The molecule has 6 heteroatoms. The maximum atomic E-state index is 13.9. The zero-order chi connectivity index (χ0) is 21.6. The molecule has 0 aromatic heterocycles. The lowest BCUT2D eigenvalue weighted by Crippen LogP contribution is -2.30. The lowest BCUT2D eigenvalue weighted by Gasteiger charge is -2.12. The van der Waals surface area contributed by atoms with Crippen LogP contribution in [0.15, 0.2) is 83.8 Å². The van der Waals surface area contributed by atoms with Gasteiger partial charge in [-0.1, -0.05) is 66.7 Å². The van der Waals surface area contributed by atoms with Gasteiger partial charge >= 0.3 is 0 Å². The van der Waals surface area contributed by atoms with E-state index in [4.69, 9.17) is 4.74 Å². The molecule has 1 fully saturated rings. The van der Waals surface area contributed by atoms with E-state index in [0.717, 1.165) is 17.3 Å². The number of ether oxygens (including phenoxy) is 1. The fourth-order valence-corrected chi connectivity index (χ4v) is 4.08. The number of thioether (sulfide) groups is 1. The molecule has 0 saturated carbocycles. The highest BCUT2D eigenvalue weighted by Gasteiger charge is 2.34. The topological polar surface area (TPSA) is 46.6 Å². The van der Waals surface area contributed by atoms with Gasteiger partial charge in [0.15, 0.2) is 0 Å². The molecule has 0 unspecified atom stereocenters. The quantitative estimate of drug-likeness (QED) is 0.450. The Morgan fingerprint density at radius 2 is 1.61 bits per heavy atom. The smallest absolute Gasteiger partial charge is 0.293 e. The molecule has 31 heavy (non-hydrogen) atoms. The van der Waals surface area contributed by atoms with E-state index in [2.05, 4.69) is 0 Å². The van der Waals surface area contributed by atoms with Gasteiger partial charge < -0.3 is 4.74 Å². The summed E-state index contributed by atoms with van der Waals surface area (Å²) in [6.07, 6.45) is 2.26. The fourth-order valence-electron chi connectivity index (χ4n) is 3.22. The summed E-state index contributed by atoms with van der Waals surface area (Å²) in [7, 11) is 0. The first kappa shape index (κ1) is 20.9. The number of rotatable bonds is 7. The van der Waals surface area contributed by atoms with Crippen molar-refractivity contribution in [1.29, 1.82) is 0 Å². The summed E-state index contributed by atoms with van der Waals surface area (Å²) in [5, 5.41) is -0.281. The maximum Gasteiger partial charge on any atom is 0.293 e. The van der Waals surface area contributed by atoms with Gasteiger partial charge in [-0.25, -0.2) is 4.39 Å². The Morgan fingerprint density at radius 3 is 2.42 bits per heavy atom. The highest BCUT2D eigenvalue weighted by Crippen LogP contribution is 2.34. The van der Waals surface area contributed by atoms with Gasteiger partial charge in [-0.15, -0.1) is 0 Å². The van der Waals surface area contributed by atoms with Crippen LogP contribution in [0.5, 0.6) is 5.75 Å². The van der Waals surface area contributed by atoms with E-state index in [0.29, 0.717) is 34.7 Å². The van der Waals surface area contributed by atoms with Gasteiger partial charge in [-0.3, -0.25) is 14.5 Å². The van der Waals surface area contributed by atoms with Crippen LogP contribution in [0, 0.1) is 5.82 Å². The van der Waals surface area contributed by atoms with Gasteiger partial charge in [0.2, 0.25) is 0 Å². The largest absolute Gasteiger partial charge is 0.488 e. The van der Waals surface area contributed by atoms with Crippen molar-refractivity contribution in [3.8, 4) is 5.75 Å².